The molecule has 0 bridgehead atoms. The van der Waals surface area contributed by atoms with E-state index in [4.69, 9.17) is 4.74 Å². The highest BCUT2D eigenvalue weighted by Crippen LogP contribution is 2.11. The first-order chi connectivity index (χ1) is 5.57. The fraction of sp³-hybridized carbons (Fsp3) is 1.00. The van der Waals surface area contributed by atoms with Crippen molar-refractivity contribution < 1.29 is 9.84 Å². The maximum Gasteiger partial charge on any atom is 0.0802 e. The van der Waals surface area contributed by atoms with Crippen LogP contribution in [0.25, 0.3) is 0 Å². The number of methoxy groups -OCH3 is 1. The van der Waals surface area contributed by atoms with Crippen LogP contribution in [0.15, 0.2) is 0 Å². The highest BCUT2D eigenvalue weighted by Gasteiger charge is 2.12. The fourth-order valence-electron chi connectivity index (χ4n) is 1.13. The Morgan fingerprint density at radius 2 is 1.75 bits per heavy atom. The van der Waals surface area contributed by atoms with Crippen molar-refractivity contribution in [1.82, 2.24) is 0 Å². The first kappa shape index (κ1) is 11.9. The second kappa shape index (κ2) is 6.44. The van der Waals surface area contributed by atoms with Crippen LogP contribution >= 0.6 is 0 Å². The predicted molar refractivity (Wildman–Crippen MR) is 51.2 cm³/mol. The van der Waals surface area contributed by atoms with Crippen LogP contribution in [0.3, 0.4) is 0 Å². The lowest BCUT2D eigenvalue weighted by Gasteiger charge is -2.17. The number of hydrogen-bond donors (Lipinski definition) is 1. The second-order valence-corrected chi connectivity index (χ2v) is 3.83. The first-order valence-corrected chi connectivity index (χ1v) is 4.78. The van der Waals surface area contributed by atoms with Crippen LogP contribution in [-0.2, 0) is 4.74 Å². The Kier molecular flexibility index (Phi) is 6.39. The van der Waals surface area contributed by atoms with Crippen LogP contribution in [0, 0.1) is 5.92 Å². The molecule has 0 rings (SSSR count). The van der Waals surface area contributed by atoms with E-state index in [2.05, 4.69) is 13.8 Å². The molecule has 2 unspecified atom stereocenters. The zero-order valence-electron chi connectivity index (χ0n) is 8.71. The predicted octanol–water partition coefficient (Wildman–Crippen LogP) is 2.21. The van der Waals surface area contributed by atoms with E-state index in [1.165, 1.54) is 6.42 Å². The zero-order chi connectivity index (χ0) is 9.56. The number of rotatable bonds is 6. The average Bonchev–Trinajstić information content (AvgIpc) is 2.02. The lowest BCUT2D eigenvalue weighted by Crippen LogP contribution is -2.24. The molecule has 2 atom stereocenters. The smallest absolute Gasteiger partial charge is 0.0802 e. The summed E-state index contributed by atoms with van der Waals surface area (Å²) in [5, 5.41) is 9.51. The molecule has 2 heteroatoms. The summed E-state index contributed by atoms with van der Waals surface area (Å²) in [6, 6.07) is 0. The van der Waals surface area contributed by atoms with E-state index in [1.54, 1.807) is 7.11 Å². The molecule has 0 aliphatic heterocycles. The summed E-state index contributed by atoms with van der Waals surface area (Å²) >= 11 is 0. The third-order valence-electron chi connectivity index (χ3n) is 2.20. The Hall–Kier alpha value is -0.0800. The van der Waals surface area contributed by atoms with Crippen molar-refractivity contribution in [2.45, 2.75) is 52.2 Å². The first-order valence-electron chi connectivity index (χ1n) is 4.78. The third kappa shape index (κ3) is 5.56. The van der Waals surface area contributed by atoms with Crippen LogP contribution in [0.2, 0.25) is 0 Å². The van der Waals surface area contributed by atoms with Gasteiger partial charge < -0.3 is 9.84 Å². The van der Waals surface area contributed by atoms with Gasteiger partial charge in [0.2, 0.25) is 0 Å². The van der Waals surface area contributed by atoms with Crippen molar-refractivity contribution in [3.63, 3.8) is 0 Å². The van der Waals surface area contributed by atoms with Crippen molar-refractivity contribution in [2.75, 3.05) is 7.11 Å². The molecule has 0 aromatic heterocycles. The van der Waals surface area contributed by atoms with Crippen molar-refractivity contribution in [1.29, 1.82) is 0 Å². The number of aliphatic hydroxyl groups is 1. The van der Waals surface area contributed by atoms with Gasteiger partial charge in [0.05, 0.1) is 12.2 Å². The van der Waals surface area contributed by atoms with Crippen LogP contribution in [0.5, 0.6) is 0 Å². The molecule has 0 radical (unpaired) electrons. The molecule has 0 aromatic rings. The highest BCUT2D eigenvalue weighted by atomic mass is 16.5. The van der Waals surface area contributed by atoms with Crippen molar-refractivity contribution in [3.8, 4) is 0 Å². The molecule has 0 aromatic carbocycles. The van der Waals surface area contributed by atoms with E-state index in [1.807, 2.05) is 6.92 Å². The highest BCUT2D eigenvalue weighted by molar-refractivity contribution is 4.63. The summed E-state index contributed by atoms with van der Waals surface area (Å²) < 4.78 is 5.02. The molecule has 0 aliphatic carbocycles. The molecule has 12 heavy (non-hydrogen) atoms. The molecule has 0 saturated carbocycles. The van der Waals surface area contributed by atoms with Crippen LogP contribution in [0.4, 0.5) is 0 Å². The molecular formula is C10H22O2. The van der Waals surface area contributed by atoms with E-state index in [0.717, 1.165) is 18.8 Å². The maximum absolute atomic E-state index is 9.51. The van der Waals surface area contributed by atoms with Gasteiger partial charge in [0.25, 0.3) is 0 Å². The quantitative estimate of drug-likeness (QED) is 0.669. The monoisotopic (exact) mass is 174 g/mol. The minimum atomic E-state index is -0.297. The zero-order valence-corrected chi connectivity index (χ0v) is 8.71. The van der Waals surface area contributed by atoms with Gasteiger partial charge in [-0.15, -0.1) is 0 Å². The molecule has 0 saturated heterocycles. The van der Waals surface area contributed by atoms with E-state index in [0.29, 0.717) is 0 Å². The molecular weight excluding hydrogens is 152 g/mol. The largest absolute Gasteiger partial charge is 0.390 e. The molecule has 0 amide bonds. The molecule has 74 valence electrons. The Labute approximate surface area is 75.9 Å². The maximum atomic E-state index is 9.51. The molecule has 0 heterocycles. The normalized spacial score (nSPS) is 16.5. The van der Waals surface area contributed by atoms with Gasteiger partial charge in [-0.2, -0.15) is 0 Å². The Bertz CT molecular complexity index is 102. The lowest BCUT2D eigenvalue weighted by molar-refractivity contribution is -0.00560. The summed E-state index contributed by atoms with van der Waals surface area (Å²) in [5.74, 6) is 0.732. The summed E-state index contributed by atoms with van der Waals surface area (Å²) in [4.78, 5) is 0. The van der Waals surface area contributed by atoms with Gasteiger partial charge in [-0.1, -0.05) is 26.7 Å². The van der Waals surface area contributed by atoms with E-state index >= 15 is 0 Å². The Balaban J connectivity index is 3.37. The van der Waals surface area contributed by atoms with Gasteiger partial charge in [-0.3, -0.25) is 0 Å². The number of ether oxygens (including phenoxy) is 1. The number of hydrogen-bond acceptors (Lipinski definition) is 2. The van der Waals surface area contributed by atoms with Gasteiger partial charge in [-0.05, 0) is 19.3 Å². The Morgan fingerprint density at radius 3 is 2.17 bits per heavy atom. The fourth-order valence-corrected chi connectivity index (χ4v) is 1.13. The molecule has 2 nitrogen and oxygen atoms in total. The Morgan fingerprint density at radius 1 is 1.17 bits per heavy atom. The summed E-state index contributed by atoms with van der Waals surface area (Å²) in [6.07, 6.45) is 2.80. The van der Waals surface area contributed by atoms with Gasteiger partial charge >= 0.3 is 0 Å². The molecule has 1 N–H and O–H groups in total. The average molecular weight is 174 g/mol. The van der Waals surface area contributed by atoms with E-state index in [9.17, 15) is 5.11 Å². The third-order valence-corrected chi connectivity index (χ3v) is 2.20. The topological polar surface area (TPSA) is 29.5 Å². The molecule has 0 aliphatic rings. The van der Waals surface area contributed by atoms with Crippen LogP contribution in [0.1, 0.15) is 40.0 Å². The van der Waals surface area contributed by atoms with Gasteiger partial charge in [0.15, 0.2) is 0 Å². The van der Waals surface area contributed by atoms with Crippen molar-refractivity contribution in [3.05, 3.63) is 0 Å². The van der Waals surface area contributed by atoms with Crippen LogP contribution < -0.4 is 0 Å². The molecule has 0 spiro atoms. The summed E-state index contributed by atoms with van der Waals surface area (Å²) in [6.45, 7) is 6.30. The van der Waals surface area contributed by atoms with E-state index < -0.39 is 0 Å². The number of aliphatic hydroxyl groups excluding tert-OH is 1. The summed E-state index contributed by atoms with van der Waals surface area (Å²) in [7, 11) is 1.64. The van der Waals surface area contributed by atoms with Gasteiger partial charge in [-0.25, -0.2) is 0 Å². The minimum absolute atomic E-state index is 0.0304. The molecule has 0 fully saturated rings. The van der Waals surface area contributed by atoms with Gasteiger partial charge in [0.1, 0.15) is 0 Å². The summed E-state index contributed by atoms with van der Waals surface area (Å²) in [5.41, 5.74) is 0. The lowest BCUT2D eigenvalue weighted by atomic mass is 10.0. The van der Waals surface area contributed by atoms with Crippen LogP contribution in [-0.4, -0.2) is 24.4 Å². The van der Waals surface area contributed by atoms with E-state index in [-0.39, 0.29) is 12.2 Å². The van der Waals surface area contributed by atoms with Crippen molar-refractivity contribution in [2.24, 2.45) is 5.92 Å². The van der Waals surface area contributed by atoms with Crippen molar-refractivity contribution >= 4 is 0 Å². The second-order valence-electron chi connectivity index (χ2n) is 3.83. The minimum Gasteiger partial charge on any atom is -0.390 e. The SMILES string of the molecule is COC(C)C(O)CCCC(C)C. The standard InChI is InChI=1S/C10H22O2/c1-8(2)6-5-7-10(11)9(3)12-4/h8-11H,5-7H2,1-4H3. The van der Waals surface area contributed by atoms with Gasteiger partial charge in [0, 0.05) is 7.11 Å².